The largest absolute Gasteiger partial charge is 0.369 e. The Morgan fingerprint density at radius 2 is 1.69 bits per heavy atom. The van der Waals surface area contributed by atoms with Crippen molar-refractivity contribution in [3.63, 3.8) is 0 Å². The maximum atomic E-state index is 4.74. The van der Waals surface area contributed by atoms with Crippen LogP contribution in [0.25, 0.3) is 33.4 Å². The molecular weight excluding hydrogens is 444 g/mol. The molecule has 2 aromatic carbocycles. The van der Waals surface area contributed by atoms with Gasteiger partial charge in [-0.2, -0.15) is 5.10 Å². The van der Waals surface area contributed by atoms with E-state index in [1.165, 1.54) is 16.8 Å². The van der Waals surface area contributed by atoms with Crippen molar-refractivity contribution >= 4 is 16.6 Å². The van der Waals surface area contributed by atoms with Crippen LogP contribution >= 0.6 is 0 Å². The Balaban J connectivity index is 1.24. The minimum atomic E-state index is 0.861. The molecular formula is C30H30N6. The van der Waals surface area contributed by atoms with Crippen LogP contribution in [-0.2, 0) is 6.42 Å². The number of pyridine rings is 2. The smallest absolute Gasteiger partial charge is 0.0912 e. The molecule has 36 heavy (non-hydrogen) atoms. The first-order chi connectivity index (χ1) is 17.6. The van der Waals surface area contributed by atoms with Gasteiger partial charge in [-0.05, 0) is 79.5 Å². The van der Waals surface area contributed by atoms with E-state index < -0.39 is 0 Å². The molecule has 1 saturated heterocycles. The van der Waals surface area contributed by atoms with E-state index in [4.69, 9.17) is 4.98 Å². The Bertz CT molecular complexity index is 1500. The summed E-state index contributed by atoms with van der Waals surface area (Å²) < 4.78 is 0. The van der Waals surface area contributed by atoms with Crippen LogP contribution in [-0.4, -0.2) is 58.3 Å². The molecule has 0 aliphatic carbocycles. The summed E-state index contributed by atoms with van der Waals surface area (Å²) in [5, 5.41) is 8.58. The third-order valence-electron chi connectivity index (χ3n) is 7.05. The minimum Gasteiger partial charge on any atom is -0.369 e. The van der Waals surface area contributed by atoms with Gasteiger partial charge in [0, 0.05) is 54.7 Å². The number of nitrogens with zero attached hydrogens (tertiary/aromatic N) is 5. The van der Waals surface area contributed by atoms with E-state index in [-0.39, 0.29) is 0 Å². The molecule has 6 heteroatoms. The number of benzene rings is 2. The summed E-state index contributed by atoms with van der Waals surface area (Å²) in [6, 6.07) is 23.7. The number of fused-ring (bicyclic) bond motifs is 1. The second kappa shape index (κ2) is 9.55. The lowest BCUT2D eigenvalue weighted by atomic mass is 10.00. The van der Waals surface area contributed by atoms with Gasteiger partial charge >= 0.3 is 0 Å². The molecule has 3 aromatic heterocycles. The van der Waals surface area contributed by atoms with Crippen LogP contribution in [0.5, 0.6) is 0 Å². The first kappa shape index (κ1) is 22.4. The van der Waals surface area contributed by atoms with Crippen LogP contribution in [0.4, 0.5) is 5.69 Å². The molecule has 1 N–H and O–H groups in total. The molecule has 0 amide bonds. The van der Waals surface area contributed by atoms with Crippen LogP contribution < -0.4 is 4.90 Å². The van der Waals surface area contributed by atoms with Crippen molar-refractivity contribution in [2.24, 2.45) is 0 Å². The highest BCUT2D eigenvalue weighted by atomic mass is 15.2. The zero-order valence-corrected chi connectivity index (χ0v) is 20.8. The molecule has 0 unspecified atom stereocenters. The van der Waals surface area contributed by atoms with Gasteiger partial charge in [0.1, 0.15) is 0 Å². The number of anilines is 1. The highest BCUT2D eigenvalue weighted by Gasteiger charge is 2.15. The lowest BCUT2D eigenvalue weighted by Gasteiger charge is -2.34. The summed E-state index contributed by atoms with van der Waals surface area (Å²) >= 11 is 0. The highest BCUT2D eigenvalue weighted by Crippen LogP contribution is 2.31. The van der Waals surface area contributed by atoms with Gasteiger partial charge in [0.15, 0.2) is 0 Å². The summed E-state index contributed by atoms with van der Waals surface area (Å²) in [5.74, 6) is 0. The third-order valence-corrected chi connectivity index (χ3v) is 7.05. The second-order valence-corrected chi connectivity index (χ2v) is 9.71. The molecule has 0 spiro atoms. The first-order valence-corrected chi connectivity index (χ1v) is 12.5. The number of likely N-dealkylation sites (N-methyl/N-ethyl adjacent to an activating group) is 1. The van der Waals surface area contributed by atoms with Gasteiger partial charge in [0.05, 0.1) is 23.1 Å². The van der Waals surface area contributed by atoms with E-state index in [0.717, 1.165) is 71.7 Å². The number of piperazine rings is 1. The lowest BCUT2D eigenvalue weighted by Crippen LogP contribution is -2.44. The summed E-state index contributed by atoms with van der Waals surface area (Å²) in [4.78, 5) is 14.3. The topological polar surface area (TPSA) is 60.9 Å². The molecule has 0 radical (unpaired) electrons. The van der Waals surface area contributed by atoms with Crippen molar-refractivity contribution in [1.29, 1.82) is 0 Å². The minimum absolute atomic E-state index is 0.861. The van der Waals surface area contributed by atoms with Crippen molar-refractivity contribution in [2.75, 3.05) is 38.1 Å². The summed E-state index contributed by atoms with van der Waals surface area (Å²) in [6.45, 7) is 6.42. The molecule has 4 heterocycles. The SMILES string of the molecule is Cc1cccc(-c2[nH]ncc2-c2ccc3ncc(Cc4ccc(N5CCN(C)CC5)cc4)cc3c2)n1. The number of H-pyrrole nitrogens is 1. The van der Waals surface area contributed by atoms with Gasteiger partial charge in [0.2, 0.25) is 0 Å². The van der Waals surface area contributed by atoms with Crippen molar-refractivity contribution in [3.8, 4) is 22.5 Å². The van der Waals surface area contributed by atoms with Crippen LogP contribution in [0.1, 0.15) is 16.8 Å². The van der Waals surface area contributed by atoms with Gasteiger partial charge in [-0.25, -0.2) is 0 Å². The molecule has 6 rings (SSSR count). The van der Waals surface area contributed by atoms with Crippen LogP contribution in [0.2, 0.25) is 0 Å². The van der Waals surface area contributed by atoms with Crippen LogP contribution in [0, 0.1) is 6.92 Å². The van der Waals surface area contributed by atoms with E-state index in [2.05, 4.69) is 80.6 Å². The summed E-state index contributed by atoms with van der Waals surface area (Å²) in [5.41, 5.74) is 9.77. The maximum absolute atomic E-state index is 4.74. The van der Waals surface area contributed by atoms with E-state index >= 15 is 0 Å². The predicted octanol–water partition coefficient (Wildman–Crippen LogP) is 5.34. The molecule has 5 aromatic rings. The van der Waals surface area contributed by atoms with Crippen molar-refractivity contribution < 1.29 is 0 Å². The van der Waals surface area contributed by atoms with Gasteiger partial charge in [-0.3, -0.25) is 15.1 Å². The number of aromatic amines is 1. The number of hydrogen-bond donors (Lipinski definition) is 1. The summed E-state index contributed by atoms with van der Waals surface area (Å²) in [6.07, 6.45) is 4.73. The Morgan fingerprint density at radius 1 is 0.861 bits per heavy atom. The number of aryl methyl sites for hydroxylation is 1. The van der Waals surface area contributed by atoms with E-state index in [9.17, 15) is 0 Å². The molecule has 0 saturated carbocycles. The molecule has 1 fully saturated rings. The second-order valence-electron chi connectivity index (χ2n) is 9.71. The Labute approximate surface area is 211 Å². The van der Waals surface area contributed by atoms with Crippen molar-refractivity contribution in [3.05, 3.63) is 95.9 Å². The maximum Gasteiger partial charge on any atom is 0.0912 e. The van der Waals surface area contributed by atoms with Gasteiger partial charge in [0.25, 0.3) is 0 Å². The monoisotopic (exact) mass is 474 g/mol. The van der Waals surface area contributed by atoms with E-state index in [1.807, 2.05) is 37.5 Å². The molecule has 1 aliphatic heterocycles. The fraction of sp³-hybridized carbons (Fsp3) is 0.233. The lowest BCUT2D eigenvalue weighted by molar-refractivity contribution is 0.313. The van der Waals surface area contributed by atoms with Gasteiger partial charge < -0.3 is 9.80 Å². The number of aromatic nitrogens is 4. The quantitative estimate of drug-likeness (QED) is 0.373. The fourth-order valence-electron chi connectivity index (χ4n) is 4.95. The van der Waals surface area contributed by atoms with Crippen molar-refractivity contribution in [2.45, 2.75) is 13.3 Å². The predicted molar refractivity (Wildman–Crippen MR) is 146 cm³/mol. The number of hydrogen-bond acceptors (Lipinski definition) is 5. The van der Waals surface area contributed by atoms with Crippen LogP contribution in [0.15, 0.2) is 79.1 Å². The van der Waals surface area contributed by atoms with E-state index in [1.54, 1.807) is 0 Å². The normalized spacial score (nSPS) is 14.4. The molecule has 6 nitrogen and oxygen atoms in total. The number of rotatable bonds is 5. The van der Waals surface area contributed by atoms with Crippen LogP contribution in [0.3, 0.4) is 0 Å². The molecule has 0 atom stereocenters. The molecule has 1 aliphatic rings. The van der Waals surface area contributed by atoms with E-state index in [0.29, 0.717) is 0 Å². The number of nitrogens with one attached hydrogen (secondary N) is 1. The summed E-state index contributed by atoms with van der Waals surface area (Å²) in [7, 11) is 2.19. The fourth-order valence-corrected chi connectivity index (χ4v) is 4.95. The molecule has 0 bridgehead atoms. The zero-order chi connectivity index (χ0) is 24.5. The average Bonchev–Trinajstić information content (AvgIpc) is 3.40. The Morgan fingerprint density at radius 3 is 2.50 bits per heavy atom. The average molecular weight is 475 g/mol. The highest BCUT2D eigenvalue weighted by molar-refractivity contribution is 5.88. The van der Waals surface area contributed by atoms with Gasteiger partial charge in [-0.1, -0.05) is 24.3 Å². The Hall–Kier alpha value is -4.03. The first-order valence-electron chi connectivity index (χ1n) is 12.5. The van der Waals surface area contributed by atoms with Gasteiger partial charge in [-0.15, -0.1) is 0 Å². The van der Waals surface area contributed by atoms with Crippen molar-refractivity contribution in [1.82, 2.24) is 25.1 Å². The standard InChI is InChI=1S/C30H30N6/c1-21-4-3-5-29(33-21)30-27(20-32-34-30)24-8-11-28-25(18-24)17-23(19-31-28)16-22-6-9-26(10-7-22)36-14-12-35(2)13-15-36/h3-11,17-20H,12-16H2,1-2H3,(H,32,34). The zero-order valence-electron chi connectivity index (χ0n) is 20.8. The third kappa shape index (κ3) is 4.60. The Kier molecular flexibility index (Phi) is 5.95. The molecule has 180 valence electrons.